The molecule has 0 radical (unpaired) electrons. The van der Waals surface area contributed by atoms with E-state index in [1.54, 1.807) is 0 Å². The molecule has 1 aliphatic carbocycles. The first kappa shape index (κ1) is 15.5. The van der Waals surface area contributed by atoms with Gasteiger partial charge in [-0.05, 0) is 36.5 Å². The van der Waals surface area contributed by atoms with Gasteiger partial charge in [-0.25, -0.2) is 10.9 Å². The van der Waals surface area contributed by atoms with Crippen LogP contribution in [-0.2, 0) is 0 Å². The zero-order valence-corrected chi connectivity index (χ0v) is 13.9. The minimum absolute atomic E-state index is 0.227. The third-order valence-corrected chi connectivity index (χ3v) is 5.22. The van der Waals surface area contributed by atoms with Crippen LogP contribution in [0.25, 0.3) is 0 Å². The van der Waals surface area contributed by atoms with E-state index in [1.807, 2.05) is 31.2 Å². The van der Waals surface area contributed by atoms with Crippen molar-refractivity contribution in [2.24, 2.45) is 0 Å². The molecule has 24 heavy (non-hydrogen) atoms. The first-order valence-electron chi connectivity index (χ1n) is 8.63. The Morgan fingerprint density at radius 1 is 1.12 bits per heavy atom. The molecule has 0 spiro atoms. The van der Waals surface area contributed by atoms with Crippen molar-refractivity contribution in [3.05, 3.63) is 70.8 Å². The summed E-state index contributed by atoms with van der Waals surface area (Å²) >= 11 is 0. The Morgan fingerprint density at radius 3 is 2.71 bits per heavy atom. The molecule has 0 bridgehead atoms. The van der Waals surface area contributed by atoms with Crippen LogP contribution in [-0.4, -0.2) is 18.6 Å². The van der Waals surface area contributed by atoms with Crippen LogP contribution in [0.5, 0.6) is 0 Å². The number of aryl methyl sites for hydroxylation is 1. The molecule has 0 saturated carbocycles. The SMILES string of the molecule is Cc1cccc(C(=O)C[C@@H]2C[C@H](C3NCNN3)c3ccccc32)c1. The summed E-state index contributed by atoms with van der Waals surface area (Å²) in [6, 6.07) is 16.5. The minimum Gasteiger partial charge on any atom is -0.294 e. The first-order valence-corrected chi connectivity index (χ1v) is 8.63. The monoisotopic (exact) mass is 321 g/mol. The highest BCUT2D eigenvalue weighted by Gasteiger charge is 2.37. The van der Waals surface area contributed by atoms with E-state index in [-0.39, 0.29) is 11.9 Å². The van der Waals surface area contributed by atoms with Crippen molar-refractivity contribution in [1.82, 2.24) is 16.2 Å². The average molecular weight is 321 g/mol. The summed E-state index contributed by atoms with van der Waals surface area (Å²) in [5, 5.41) is 3.45. The maximum absolute atomic E-state index is 12.7. The summed E-state index contributed by atoms with van der Waals surface area (Å²) in [6.07, 6.45) is 1.81. The highest BCUT2D eigenvalue weighted by atomic mass is 16.1. The standard InChI is InChI=1S/C20H23N3O/c1-13-5-4-6-14(9-13)19(24)11-15-10-18(20-21-12-22-23-20)17-8-3-2-7-16(15)17/h2-9,15,18,20-23H,10-12H2,1H3/t15-,18-,20?/m0/s1. The number of Topliss-reactive ketones (excluding diaryl/α,β-unsaturated/α-hetero) is 1. The van der Waals surface area contributed by atoms with Crippen molar-refractivity contribution < 1.29 is 4.79 Å². The molecule has 3 N–H and O–H groups in total. The van der Waals surface area contributed by atoms with Crippen molar-refractivity contribution >= 4 is 5.78 Å². The molecule has 2 aromatic rings. The number of ketones is 1. The van der Waals surface area contributed by atoms with Gasteiger partial charge >= 0.3 is 0 Å². The van der Waals surface area contributed by atoms with E-state index >= 15 is 0 Å². The lowest BCUT2D eigenvalue weighted by molar-refractivity contribution is 0.0972. The Morgan fingerprint density at radius 2 is 1.96 bits per heavy atom. The Bertz CT molecular complexity index is 752. The smallest absolute Gasteiger partial charge is 0.163 e. The van der Waals surface area contributed by atoms with E-state index in [4.69, 9.17) is 0 Å². The van der Waals surface area contributed by atoms with Gasteiger partial charge in [0, 0.05) is 17.9 Å². The minimum atomic E-state index is 0.227. The van der Waals surface area contributed by atoms with Gasteiger partial charge < -0.3 is 0 Å². The molecule has 2 aliphatic rings. The molecule has 4 heteroatoms. The summed E-state index contributed by atoms with van der Waals surface area (Å²) in [7, 11) is 0. The molecule has 1 unspecified atom stereocenters. The van der Waals surface area contributed by atoms with Crippen molar-refractivity contribution in [3.63, 3.8) is 0 Å². The van der Waals surface area contributed by atoms with Crippen molar-refractivity contribution in [3.8, 4) is 0 Å². The summed E-state index contributed by atoms with van der Waals surface area (Å²) in [4.78, 5) is 12.7. The lowest BCUT2D eigenvalue weighted by Crippen LogP contribution is -2.38. The van der Waals surface area contributed by atoms with Crippen LogP contribution < -0.4 is 16.2 Å². The Kier molecular flexibility index (Phi) is 4.19. The van der Waals surface area contributed by atoms with Gasteiger partial charge in [-0.2, -0.15) is 0 Å². The predicted octanol–water partition coefficient (Wildman–Crippen LogP) is 2.82. The number of hydrogen-bond acceptors (Lipinski definition) is 4. The number of hydrogen-bond donors (Lipinski definition) is 3. The summed E-state index contributed by atoms with van der Waals surface area (Å²) < 4.78 is 0. The van der Waals surface area contributed by atoms with Crippen LogP contribution in [0.15, 0.2) is 48.5 Å². The van der Waals surface area contributed by atoms with E-state index in [0.717, 1.165) is 24.2 Å². The molecule has 1 fully saturated rings. The van der Waals surface area contributed by atoms with Gasteiger partial charge in [0.25, 0.3) is 0 Å². The Labute approximate surface area is 142 Å². The summed E-state index contributed by atoms with van der Waals surface area (Å²) in [5.41, 5.74) is 11.1. The molecule has 2 aromatic carbocycles. The second kappa shape index (κ2) is 6.48. The van der Waals surface area contributed by atoms with Gasteiger partial charge in [0.05, 0.1) is 12.8 Å². The van der Waals surface area contributed by atoms with Crippen LogP contribution in [0.4, 0.5) is 0 Å². The number of benzene rings is 2. The zero-order valence-electron chi connectivity index (χ0n) is 13.9. The quantitative estimate of drug-likeness (QED) is 0.758. The third kappa shape index (κ3) is 2.88. The Balaban J connectivity index is 1.56. The van der Waals surface area contributed by atoms with Crippen molar-refractivity contribution in [2.45, 2.75) is 37.8 Å². The molecular weight excluding hydrogens is 298 g/mol. The molecule has 0 amide bonds. The fourth-order valence-corrected chi connectivity index (χ4v) is 4.07. The maximum atomic E-state index is 12.7. The second-order valence-electron chi connectivity index (χ2n) is 6.84. The van der Waals surface area contributed by atoms with Crippen LogP contribution in [0.3, 0.4) is 0 Å². The number of carbonyl (C=O) groups excluding carboxylic acids is 1. The molecule has 4 rings (SSSR count). The fraction of sp³-hybridized carbons (Fsp3) is 0.350. The number of carbonyl (C=O) groups is 1. The zero-order chi connectivity index (χ0) is 16.5. The molecule has 3 atom stereocenters. The first-order chi connectivity index (χ1) is 11.7. The molecule has 124 valence electrons. The lowest BCUT2D eigenvalue weighted by atomic mass is 9.92. The van der Waals surface area contributed by atoms with Crippen LogP contribution in [0, 0.1) is 6.92 Å². The van der Waals surface area contributed by atoms with E-state index < -0.39 is 0 Å². The largest absolute Gasteiger partial charge is 0.294 e. The van der Waals surface area contributed by atoms with Crippen LogP contribution >= 0.6 is 0 Å². The van der Waals surface area contributed by atoms with Crippen molar-refractivity contribution in [1.29, 1.82) is 0 Å². The number of nitrogens with one attached hydrogen (secondary N) is 3. The molecule has 1 saturated heterocycles. The van der Waals surface area contributed by atoms with Gasteiger partial charge in [-0.3, -0.25) is 10.1 Å². The molecular formula is C20H23N3O. The molecule has 1 heterocycles. The van der Waals surface area contributed by atoms with Gasteiger partial charge in [0.15, 0.2) is 5.78 Å². The highest BCUT2D eigenvalue weighted by molar-refractivity contribution is 5.96. The highest BCUT2D eigenvalue weighted by Crippen LogP contribution is 2.45. The Hall–Kier alpha value is -2.01. The van der Waals surface area contributed by atoms with Gasteiger partial charge in [-0.1, -0.05) is 48.0 Å². The van der Waals surface area contributed by atoms with Crippen molar-refractivity contribution in [2.75, 3.05) is 6.67 Å². The van der Waals surface area contributed by atoms with E-state index in [9.17, 15) is 4.79 Å². The van der Waals surface area contributed by atoms with Gasteiger partial charge in [-0.15, -0.1) is 0 Å². The fourth-order valence-electron chi connectivity index (χ4n) is 4.07. The molecule has 4 nitrogen and oxygen atoms in total. The normalized spacial score (nSPS) is 25.6. The lowest BCUT2D eigenvalue weighted by Gasteiger charge is -2.19. The summed E-state index contributed by atoms with van der Waals surface area (Å²) in [6.45, 7) is 2.80. The maximum Gasteiger partial charge on any atom is 0.163 e. The van der Waals surface area contributed by atoms with Crippen LogP contribution in [0.2, 0.25) is 0 Å². The number of hydrazine groups is 1. The number of fused-ring (bicyclic) bond motifs is 1. The number of rotatable bonds is 4. The van der Waals surface area contributed by atoms with E-state index in [0.29, 0.717) is 18.3 Å². The topological polar surface area (TPSA) is 53.2 Å². The van der Waals surface area contributed by atoms with Gasteiger partial charge in [0.2, 0.25) is 0 Å². The average Bonchev–Trinajstić information content (AvgIpc) is 3.23. The molecule has 0 aromatic heterocycles. The van der Waals surface area contributed by atoms with E-state index in [2.05, 4.69) is 40.4 Å². The summed E-state index contributed by atoms with van der Waals surface area (Å²) in [5.74, 6) is 0.930. The second-order valence-corrected chi connectivity index (χ2v) is 6.84. The van der Waals surface area contributed by atoms with Gasteiger partial charge in [0.1, 0.15) is 0 Å². The van der Waals surface area contributed by atoms with Crippen LogP contribution in [0.1, 0.15) is 51.7 Å². The molecule has 1 aliphatic heterocycles. The third-order valence-electron chi connectivity index (χ3n) is 5.22. The predicted molar refractivity (Wildman–Crippen MR) is 94.7 cm³/mol. The van der Waals surface area contributed by atoms with E-state index in [1.165, 1.54) is 11.1 Å².